The first-order valence-corrected chi connectivity index (χ1v) is 8.83. The van der Waals surface area contributed by atoms with Gasteiger partial charge in [-0.25, -0.2) is 4.39 Å². The SMILES string of the molecule is O=C(NCc1ccc(Oc2cccc(F)c2)cc1)c1ccc2ncccc2c1. The summed E-state index contributed by atoms with van der Waals surface area (Å²) in [7, 11) is 0. The van der Waals surface area contributed by atoms with Crippen molar-refractivity contribution in [3.8, 4) is 11.5 Å². The number of benzene rings is 3. The summed E-state index contributed by atoms with van der Waals surface area (Å²) < 4.78 is 18.8. The highest BCUT2D eigenvalue weighted by molar-refractivity contribution is 5.97. The highest BCUT2D eigenvalue weighted by Crippen LogP contribution is 2.22. The Morgan fingerprint density at radius 1 is 0.929 bits per heavy atom. The summed E-state index contributed by atoms with van der Waals surface area (Å²) in [5.74, 6) is 0.543. The van der Waals surface area contributed by atoms with Gasteiger partial charge in [-0.1, -0.05) is 24.3 Å². The number of halogens is 1. The van der Waals surface area contributed by atoms with Gasteiger partial charge in [0.2, 0.25) is 0 Å². The summed E-state index contributed by atoms with van der Waals surface area (Å²) in [6, 6.07) is 22.5. The van der Waals surface area contributed by atoms with Gasteiger partial charge in [0.25, 0.3) is 5.91 Å². The first-order chi connectivity index (χ1) is 13.7. The van der Waals surface area contributed by atoms with Crippen LogP contribution < -0.4 is 10.1 Å². The molecule has 4 rings (SSSR count). The molecule has 1 aromatic heterocycles. The molecule has 0 atom stereocenters. The minimum atomic E-state index is -0.346. The number of hydrogen-bond donors (Lipinski definition) is 1. The number of nitrogens with one attached hydrogen (secondary N) is 1. The smallest absolute Gasteiger partial charge is 0.251 e. The fraction of sp³-hybridized carbons (Fsp3) is 0.0435. The molecule has 1 N–H and O–H groups in total. The molecule has 4 nitrogen and oxygen atoms in total. The number of ether oxygens (including phenoxy) is 1. The van der Waals surface area contributed by atoms with Crippen LogP contribution >= 0.6 is 0 Å². The molecule has 0 spiro atoms. The van der Waals surface area contributed by atoms with Gasteiger partial charge in [-0.3, -0.25) is 9.78 Å². The fourth-order valence-corrected chi connectivity index (χ4v) is 2.84. The maximum atomic E-state index is 13.2. The van der Waals surface area contributed by atoms with Crippen LogP contribution in [0.2, 0.25) is 0 Å². The predicted octanol–water partition coefficient (Wildman–Crippen LogP) is 5.10. The van der Waals surface area contributed by atoms with E-state index >= 15 is 0 Å². The third-order valence-electron chi connectivity index (χ3n) is 4.27. The van der Waals surface area contributed by atoms with Crippen LogP contribution in [0, 0.1) is 5.82 Å². The largest absolute Gasteiger partial charge is 0.457 e. The second-order valence-corrected chi connectivity index (χ2v) is 6.30. The molecular formula is C23H17FN2O2. The van der Waals surface area contributed by atoms with E-state index in [0.29, 0.717) is 23.6 Å². The van der Waals surface area contributed by atoms with E-state index in [0.717, 1.165) is 16.5 Å². The van der Waals surface area contributed by atoms with E-state index in [2.05, 4.69) is 10.3 Å². The standard InChI is InChI=1S/C23H17FN2O2/c24-19-4-1-5-21(14-19)28-20-9-6-16(7-10-20)15-26-23(27)18-8-11-22-17(13-18)3-2-12-25-22/h1-14H,15H2,(H,26,27). The van der Waals surface area contributed by atoms with E-state index in [4.69, 9.17) is 4.74 Å². The summed E-state index contributed by atoms with van der Waals surface area (Å²) in [6.07, 6.45) is 1.73. The van der Waals surface area contributed by atoms with Crippen LogP contribution in [0.15, 0.2) is 85.1 Å². The number of aromatic nitrogens is 1. The molecule has 1 amide bonds. The van der Waals surface area contributed by atoms with Gasteiger partial charge in [-0.2, -0.15) is 0 Å². The predicted molar refractivity (Wildman–Crippen MR) is 106 cm³/mol. The Hall–Kier alpha value is -3.73. The number of carbonyl (C=O) groups is 1. The van der Waals surface area contributed by atoms with Crippen LogP contribution in [-0.4, -0.2) is 10.9 Å². The van der Waals surface area contributed by atoms with E-state index in [1.807, 2.05) is 36.4 Å². The lowest BCUT2D eigenvalue weighted by Gasteiger charge is -2.08. The Kier molecular flexibility index (Phi) is 4.97. The first-order valence-electron chi connectivity index (χ1n) is 8.83. The number of hydrogen-bond acceptors (Lipinski definition) is 3. The molecule has 0 saturated heterocycles. The van der Waals surface area contributed by atoms with Crippen molar-refractivity contribution in [2.24, 2.45) is 0 Å². The van der Waals surface area contributed by atoms with Crippen molar-refractivity contribution in [1.29, 1.82) is 0 Å². The molecule has 1 heterocycles. The zero-order valence-corrected chi connectivity index (χ0v) is 14.9. The molecule has 138 valence electrons. The third kappa shape index (κ3) is 4.15. The molecule has 0 aliphatic heterocycles. The van der Waals surface area contributed by atoms with Crippen LogP contribution in [0.3, 0.4) is 0 Å². The molecule has 0 bridgehead atoms. The van der Waals surface area contributed by atoms with Crippen LogP contribution in [0.1, 0.15) is 15.9 Å². The van der Waals surface area contributed by atoms with Crippen LogP contribution in [0.4, 0.5) is 4.39 Å². The minimum Gasteiger partial charge on any atom is -0.457 e. The molecule has 28 heavy (non-hydrogen) atoms. The number of amides is 1. The van der Waals surface area contributed by atoms with E-state index in [9.17, 15) is 9.18 Å². The number of fused-ring (bicyclic) bond motifs is 1. The molecule has 5 heteroatoms. The van der Waals surface area contributed by atoms with Gasteiger partial charge in [-0.15, -0.1) is 0 Å². The van der Waals surface area contributed by atoms with Crippen LogP contribution in [0.5, 0.6) is 11.5 Å². The second kappa shape index (κ2) is 7.88. The van der Waals surface area contributed by atoms with Gasteiger partial charge in [0, 0.05) is 29.8 Å². The highest BCUT2D eigenvalue weighted by atomic mass is 19.1. The average Bonchev–Trinajstić information content (AvgIpc) is 2.73. The lowest BCUT2D eigenvalue weighted by Crippen LogP contribution is -2.22. The van der Waals surface area contributed by atoms with Gasteiger partial charge in [-0.05, 0) is 54.1 Å². The lowest BCUT2D eigenvalue weighted by atomic mass is 10.1. The Balaban J connectivity index is 1.38. The van der Waals surface area contributed by atoms with Crippen molar-refractivity contribution in [1.82, 2.24) is 10.3 Å². The lowest BCUT2D eigenvalue weighted by molar-refractivity contribution is 0.0951. The molecule has 0 unspecified atom stereocenters. The van der Waals surface area contributed by atoms with Gasteiger partial charge in [0.1, 0.15) is 17.3 Å². The number of pyridine rings is 1. The van der Waals surface area contributed by atoms with Gasteiger partial charge >= 0.3 is 0 Å². The van der Waals surface area contributed by atoms with Crippen molar-refractivity contribution < 1.29 is 13.9 Å². The highest BCUT2D eigenvalue weighted by Gasteiger charge is 2.07. The zero-order chi connectivity index (χ0) is 19.3. The summed E-state index contributed by atoms with van der Waals surface area (Å²) in [4.78, 5) is 16.7. The topological polar surface area (TPSA) is 51.2 Å². The van der Waals surface area contributed by atoms with E-state index in [1.54, 1.807) is 36.5 Å². The third-order valence-corrected chi connectivity index (χ3v) is 4.27. The molecular weight excluding hydrogens is 355 g/mol. The second-order valence-electron chi connectivity index (χ2n) is 6.30. The van der Waals surface area contributed by atoms with E-state index in [-0.39, 0.29) is 11.7 Å². The first kappa shape index (κ1) is 17.7. The fourth-order valence-electron chi connectivity index (χ4n) is 2.84. The monoisotopic (exact) mass is 372 g/mol. The van der Waals surface area contributed by atoms with Crippen LogP contribution in [0.25, 0.3) is 10.9 Å². The Morgan fingerprint density at radius 2 is 1.79 bits per heavy atom. The maximum absolute atomic E-state index is 13.2. The normalized spacial score (nSPS) is 10.6. The van der Waals surface area contributed by atoms with Gasteiger partial charge in [0.15, 0.2) is 0 Å². The summed E-state index contributed by atoms with van der Waals surface area (Å²) in [5.41, 5.74) is 2.38. The number of rotatable bonds is 5. The maximum Gasteiger partial charge on any atom is 0.251 e. The molecule has 0 saturated carbocycles. The Bertz CT molecular complexity index is 1130. The Labute approximate surface area is 161 Å². The van der Waals surface area contributed by atoms with Crippen molar-refractivity contribution in [2.75, 3.05) is 0 Å². The molecule has 3 aromatic carbocycles. The van der Waals surface area contributed by atoms with E-state index < -0.39 is 0 Å². The molecule has 0 fully saturated rings. The molecule has 0 radical (unpaired) electrons. The number of carbonyl (C=O) groups excluding carboxylic acids is 1. The van der Waals surface area contributed by atoms with Gasteiger partial charge < -0.3 is 10.1 Å². The molecule has 0 aliphatic carbocycles. The summed E-state index contributed by atoms with van der Waals surface area (Å²) in [5, 5.41) is 3.83. The quantitative estimate of drug-likeness (QED) is 0.530. The zero-order valence-electron chi connectivity index (χ0n) is 14.9. The average molecular weight is 372 g/mol. The molecule has 0 aliphatic rings. The van der Waals surface area contributed by atoms with E-state index in [1.165, 1.54) is 12.1 Å². The van der Waals surface area contributed by atoms with Crippen LogP contribution in [-0.2, 0) is 6.54 Å². The van der Waals surface area contributed by atoms with Crippen molar-refractivity contribution in [3.05, 3.63) is 102 Å². The van der Waals surface area contributed by atoms with Crippen molar-refractivity contribution >= 4 is 16.8 Å². The van der Waals surface area contributed by atoms with Crippen molar-refractivity contribution in [3.63, 3.8) is 0 Å². The van der Waals surface area contributed by atoms with Gasteiger partial charge in [0.05, 0.1) is 5.52 Å². The minimum absolute atomic E-state index is 0.147. The Morgan fingerprint density at radius 3 is 2.61 bits per heavy atom. The van der Waals surface area contributed by atoms with Crippen molar-refractivity contribution in [2.45, 2.75) is 6.54 Å². The summed E-state index contributed by atoms with van der Waals surface area (Å²) in [6.45, 7) is 0.393. The number of nitrogens with zero attached hydrogens (tertiary/aromatic N) is 1. The summed E-state index contributed by atoms with van der Waals surface area (Å²) >= 11 is 0. The molecule has 4 aromatic rings.